The van der Waals surface area contributed by atoms with Gasteiger partial charge in [-0.05, 0) is 38.3 Å². The number of carbonyl (C=O) groups is 1. The third-order valence-electron chi connectivity index (χ3n) is 6.59. The van der Waals surface area contributed by atoms with Crippen LogP contribution in [0.25, 0.3) is 11.4 Å². The highest BCUT2D eigenvalue weighted by Gasteiger charge is 2.29. The van der Waals surface area contributed by atoms with Gasteiger partial charge in [-0.2, -0.15) is 0 Å². The van der Waals surface area contributed by atoms with Gasteiger partial charge >= 0.3 is 0 Å². The Balaban J connectivity index is 1.40. The average molecular weight is 466 g/mol. The lowest BCUT2D eigenvalue weighted by atomic mass is 9.91. The lowest BCUT2D eigenvalue weighted by molar-refractivity contribution is -0.119. The van der Waals surface area contributed by atoms with E-state index in [2.05, 4.69) is 29.8 Å². The van der Waals surface area contributed by atoms with Crippen LogP contribution in [0.3, 0.4) is 0 Å². The van der Waals surface area contributed by atoms with Gasteiger partial charge in [-0.1, -0.05) is 6.07 Å². The monoisotopic (exact) mass is 465 g/mol. The van der Waals surface area contributed by atoms with E-state index < -0.39 is 5.82 Å². The van der Waals surface area contributed by atoms with Gasteiger partial charge in [-0.3, -0.25) is 9.78 Å². The first-order valence-corrected chi connectivity index (χ1v) is 11.6. The summed E-state index contributed by atoms with van der Waals surface area (Å²) < 4.78 is 22.5. The second kappa shape index (κ2) is 9.84. The summed E-state index contributed by atoms with van der Waals surface area (Å²) in [6.07, 6.45) is 7.94. The number of aromatic nitrogens is 5. The van der Waals surface area contributed by atoms with Crippen molar-refractivity contribution < 1.29 is 13.9 Å². The van der Waals surface area contributed by atoms with Gasteiger partial charge in [0.05, 0.1) is 18.1 Å². The molecule has 34 heavy (non-hydrogen) atoms. The Morgan fingerprint density at radius 3 is 2.76 bits per heavy atom. The first kappa shape index (κ1) is 22.4. The van der Waals surface area contributed by atoms with Crippen molar-refractivity contribution in [2.45, 2.75) is 44.2 Å². The summed E-state index contributed by atoms with van der Waals surface area (Å²) in [6, 6.07) is 5.90. The van der Waals surface area contributed by atoms with Crippen LogP contribution in [-0.2, 0) is 9.53 Å². The van der Waals surface area contributed by atoms with Crippen molar-refractivity contribution in [3.63, 3.8) is 0 Å². The van der Waals surface area contributed by atoms with Gasteiger partial charge in [-0.15, -0.1) is 0 Å². The number of nitrogens with one attached hydrogen (secondary N) is 1. The van der Waals surface area contributed by atoms with Crippen molar-refractivity contribution in [3.8, 4) is 11.4 Å². The second-order valence-corrected chi connectivity index (χ2v) is 8.88. The van der Waals surface area contributed by atoms with Crippen LogP contribution < -0.4 is 5.32 Å². The third kappa shape index (κ3) is 4.63. The zero-order valence-corrected chi connectivity index (χ0v) is 19.1. The molecule has 1 N–H and O–H groups in total. The van der Waals surface area contributed by atoms with Crippen molar-refractivity contribution in [2.75, 3.05) is 31.6 Å². The van der Waals surface area contributed by atoms with Gasteiger partial charge in [0.2, 0.25) is 12.4 Å². The maximum atomic E-state index is 14.9. The van der Waals surface area contributed by atoms with E-state index in [4.69, 9.17) is 4.74 Å². The minimum atomic E-state index is -0.497. The fourth-order valence-corrected chi connectivity index (χ4v) is 4.99. The molecule has 2 aliphatic heterocycles. The van der Waals surface area contributed by atoms with E-state index in [9.17, 15) is 9.18 Å². The molecule has 2 fully saturated rings. The molecule has 0 aliphatic carbocycles. The predicted octanol–water partition coefficient (Wildman–Crippen LogP) is 2.96. The van der Waals surface area contributed by atoms with Gasteiger partial charge in [-0.25, -0.2) is 19.3 Å². The first-order chi connectivity index (χ1) is 16.6. The summed E-state index contributed by atoms with van der Waals surface area (Å²) in [5.74, 6) is 0.742. The number of anilines is 1. The molecule has 0 saturated carbocycles. The minimum absolute atomic E-state index is 0.0913. The molecule has 0 radical (unpaired) electrons. The fraction of sp³-hybridized carbons (Fsp3) is 0.458. The smallest absolute Gasteiger partial charge is 0.223 e. The van der Waals surface area contributed by atoms with Gasteiger partial charge in [0.1, 0.15) is 11.5 Å². The zero-order chi connectivity index (χ0) is 23.5. The largest absolute Gasteiger partial charge is 0.381 e. The summed E-state index contributed by atoms with van der Waals surface area (Å²) in [7, 11) is 0. The molecule has 5 heterocycles. The molecule has 10 heteroatoms. The summed E-state index contributed by atoms with van der Waals surface area (Å²) in [5, 5.41) is 3.32. The van der Waals surface area contributed by atoms with E-state index in [-0.39, 0.29) is 23.7 Å². The molecule has 3 aromatic rings. The van der Waals surface area contributed by atoms with E-state index in [0.29, 0.717) is 37.9 Å². The lowest BCUT2D eigenvalue weighted by Crippen LogP contribution is -2.45. The normalized spacial score (nSPS) is 21.4. The number of ether oxygens (including phenoxy) is 1. The molecule has 2 saturated heterocycles. The molecule has 9 nitrogen and oxygen atoms in total. The number of rotatable bonds is 6. The highest BCUT2D eigenvalue weighted by molar-refractivity contribution is 5.57. The molecule has 178 valence electrons. The molecule has 0 aromatic carbocycles. The molecular formula is C24H28FN7O2. The third-order valence-corrected chi connectivity index (χ3v) is 6.59. The number of halogens is 1. The van der Waals surface area contributed by atoms with Crippen molar-refractivity contribution in [1.82, 2.24) is 29.4 Å². The Bertz CT molecular complexity index is 1130. The quantitative estimate of drug-likeness (QED) is 0.559. The van der Waals surface area contributed by atoms with Crippen LogP contribution in [0.5, 0.6) is 0 Å². The summed E-state index contributed by atoms with van der Waals surface area (Å²) in [5.41, 5.74) is 1.79. The predicted molar refractivity (Wildman–Crippen MR) is 124 cm³/mol. The highest BCUT2D eigenvalue weighted by Crippen LogP contribution is 2.31. The standard InChI is InChI=1S/C24H28FN7O2/c1-16-27-12-22(32(16)19-5-8-34-9-6-19)23-20(25)11-28-24(30-23)29-18-10-17(13-31(14-18)15-33)21-4-2-3-7-26-21/h2-4,7,11-12,15,17-19H,5-6,8-10,13-14H2,1H3,(H,28,29,30). The van der Waals surface area contributed by atoms with Crippen LogP contribution in [-0.4, -0.2) is 68.2 Å². The number of nitrogens with zero attached hydrogens (tertiary/aromatic N) is 6. The van der Waals surface area contributed by atoms with Crippen LogP contribution in [0.1, 0.15) is 42.7 Å². The van der Waals surface area contributed by atoms with Crippen molar-refractivity contribution >= 4 is 12.4 Å². The van der Waals surface area contributed by atoms with E-state index in [1.165, 1.54) is 6.20 Å². The number of hydrogen-bond donors (Lipinski definition) is 1. The number of imidazole rings is 1. The molecule has 2 unspecified atom stereocenters. The molecule has 0 bridgehead atoms. The number of aryl methyl sites for hydroxylation is 1. The highest BCUT2D eigenvalue weighted by atomic mass is 19.1. The van der Waals surface area contributed by atoms with Gasteiger partial charge in [0.15, 0.2) is 5.82 Å². The molecule has 1 amide bonds. The summed E-state index contributed by atoms with van der Waals surface area (Å²) in [6.45, 7) is 4.39. The maximum absolute atomic E-state index is 14.9. The van der Waals surface area contributed by atoms with E-state index in [1.54, 1.807) is 17.3 Å². The van der Waals surface area contributed by atoms with E-state index in [0.717, 1.165) is 37.2 Å². The van der Waals surface area contributed by atoms with Crippen molar-refractivity contribution in [2.24, 2.45) is 0 Å². The van der Waals surface area contributed by atoms with Crippen molar-refractivity contribution in [1.29, 1.82) is 0 Å². The Morgan fingerprint density at radius 1 is 1.15 bits per heavy atom. The number of likely N-dealkylation sites (tertiary alicyclic amines) is 1. The zero-order valence-electron chi connectivity index (χ0n) is 19.1. The van der Waals surface area contributed by atoms with Crippen LogP contribution in [0.15, 0.2) is 36.8 Å². The Labute approximate surface area is 197 Å². The molecule has 0 spiro atoms. The molecule has 2 aliphatic rings. The summed E-state index contributed by atoms with van der Waals surface area (Å²) >= 11 is 0. The molecule has 3 aromatic heterocycles. The van der Waals surface area contributed by atoms with Crippen LogP contribution in [0.2, 0.25) is 0 Å². The molecular weight excluding hydrogens is 437 g/mol. The average Bonchev–Trinajstić information content (AvgIpc) is 3.27. The Kier molecular flexibility index (Phi) is 6.48. The number of piperidine rings is 1. The lowest BCUT2D eigenvalue weighted by Gasteiger charge is -2.35. The Morgan fingerprint density at radius 2 is 2.00 bits per heavy atom. The number of amides is 1. The SMILES string of the molecule is Cc1ncc(-c2nc(NC3CC(c4ccccn4)CN(C=O)C3)ncc2F)n1C1CCOCC1. The van der Waals surface area contributed by atoms with Crippen molar-refractivity contribution in [3.05, 3.63) is 54.1 Å². The Hall–Kier alpha value is -3.40. The number of carbonyl (C=O) groups excluding carboxylic acids is 1. The first-order valence-electron chi connectivity index (χ1n) is 11.6. The number of pyridine rings is 1. The molecule has 5 rings (SSSR count). The molecule has 2 atom stereocenters. The fourth-order valence-electron chi connectivity index (χ4n) is 4.99. The second-order valence-electron chi connectivity index (χ2n) is 8.88. The topological polar surface area (TPSA) is 98.1 Å². The van der Waals surface area contributed by atoms with Gasteiger partial charge in [0.25, 0.3) is 0 Å². The van der Waals surface area contributed by atoms with Gasteiger partial charge in [0, 0.05) is 56.2 Å². The number of hydrogen-bond acceptors (Lipinski definition) is 7. The van der Waals surface area contributed by atoms with E-state index >= 15 is 0 Å². The van der Waals surface area contributed by atoms with Crippen LogP contribution in [0.4, 0.5) is 10.3 Å². The van der Waals surface area contributed by atoms with Crippen LogP contribution >= 0.6 is 0 Å². The van der Waals surface area contributed by atoms with Gasteiger partial charge < -0.3 is 19.5 Å². The maximum Gasteiger partial charge on any atom is 0.223 e. The van der Waals surface area contributed by atoms with E-state index in [1.807, 2.05) is 25.1 Å². The summed E-state index contributed by atoms with van der Waals surface area (Å²) in [4.78, 5) is 31.0. The van der Waals surface area contributed by atoms with Crippen LogP contribution in [0, 0.1) is 12.7 Å². The minimum Gasteiger partial charge on any atom is -0.381 e.